The molecule has 4 nitrogen and oxygen atoms in total. The van der Waals surface area contributed by atoms with Crippen molar-refractivity contribution >= 4 is 5.91 Å². The number of nitrogens with one attached hydrogen (secondary N) is 1. The van der Waals surface area contributed by atoms with Gasteiger partial charge >= 0.3 is 0 Å². The van der Waals surface area contributed by atoms with E-state index < -0.39 is 0 Å². The SMILES string of the molecule is O=C(C1CC2CNCC2C1)N1CCC[C@@H]1CO. The standard InChI is InChI=1S/C13H22N2O2/c16-8-12-2-1-3-15(12)13(17)9-4-10-6-14-7-11(10)5-9/h9-12,14,16H,1-8H2/t9?,10?,11?,12-/m1/s1. The summed E-state index contributed by atoms with van der Waals surface area (Å²) in [4.78, 5) is 14.4. The van der Waals surface area contributed by atoms with Gasteiger partial charge in [0, 0.05) is 12.5 Å². The summed E-state index contributed by atoms with van der Waals surface area (Å²) in [5, 5.41) is 12.7. The predicted octanol–water partition coefficient (Wildman–Crippen LogP) is 0.215. The van der Waals surface area contributed by atoms with Crippen LogP contribution in [0.25, 0.3) is 0 Å². The fraction of sp³-hybridized carbons (Fsp3) is 0.923. The van der Waals surface area contributed by atoms with Gasteiger partial charge in [0.2, 0.25) is 5.91 Å². The van der Waals surface area contributed by atoms with Gasteiger partial charge in [0.15, 0.2) is 0 Å². The quantitative estimate of drug-likeness (QED) is 0.723. The third-order valence-corrected chi connectivity index (χ3v) is 4.87. The fourth-order valence-corrected chi connectivity index (χ4v) is 3.92. The molecule has 3 aliphatic rings. The summed E-state index contributed by atoms with van der Waals surface area (Å²) in [6.45, 7) is 3.18. The number of aliphatic hydroxyl groups excluding tert-OH is 1. The van der Waals surface area contributed by atoms with E-state index in [1.807, 2.05) is 4.90 Å². The fourth-order valence-electron chi connectivity index (χ4n) is 3.92. The average molecular weight is 238 g/mol. The van der Waals surface area contributed by atoms with Crippen molar-refractivity contribution in [3.05, 3.63) is 0 Å². The van der Waals surface area contributed by atoms with Crippen LogP contribution in [0.1, 0.15) is 25.7 Å². The number of carbonyl (C=O) groups excluding carboxylic acids is 1. The maximum absolute atomic E-state index is 12.4. The first-order chi connectivity index (χ1) is 8.29. The molecule has 0 spiro atoms. The zero-order chi connectivity index (χ0) is 11.8. The molecule has 0 aromatic carbocycles. The number of aliphatic hydroxyl groups is 1. The maximum Gasteiger partial charge on any atom is 0.226 e. The van der Waals surface area contributed by atoms with Crippen LogP contribution in [0.2, 0.25) is 0 Å². The van der Waals surface area contributed by atoms with E-state index in [1.54, 1.807) is 0 Å². The first-order valence-corrected chi connectivity index (χ1v) is 6.91. The molecular formula is C13H22N2O2. The van der Waals surface area contributed by atoms with E-state index in [9.17, 15) is 9.90 Å². The molecule has 2 N–H and O–H groups in total. The Balaban J connectivity index is 1.63. The highest BCUT2D eigenvalue weighted by Gasteiger charge is 2.43. The summed E-state index contributed by atoms with van der Waals surface area (Å²) in [6.07, 6.45) is 4.15. The zero-order valence-electron chi connectivity index (χ0n) is 10.3. The number of nitrogens with zero attached hydrogens (tertiary/aromatic N) is 1. The maximum atomic E-state index is 12.4. The number of carbonyl (C=O) groups is 1. The van der Waals surface area contributed by atoms with Crippen molar-refractivity contribution in [1.82, 2.24) is 10.2 Å². The summed E-state index contributed by atoms with van der Waals surface area (Å²) in [5.74, 6) is 1.99. The van der Waals surface area contributed by atoms with E-state index >= 15 is 0 Å². The molecule has 3 rings (SSSR count). The molecule has 0 aromatic rings. The Hall–Kier alpha value is -0.610. The molecule has 1 saturated carbocycles. The summed E-state index contributed by atoms with van der Waals surface area (Å²) in [5.41, 5.74) is 0. The van der Waals surface area contributed by atoms with Gasteiger partial charge in [-0.25, -0.2) is 0 Å². The van der Waals surface area contributed by atoms with Gasteiger partial charge in [-0.15, -0.1) is 0 Å². The molecule has 1 amide bonds. The Labute approximate surface area is 102 Å². The number of fused-ring (bicyclic) bond motifs is 1. The van der Waals surface area contributed by atoms with Gasteiger partial charge in [-0.05, 0) is 50.6 Å². The van der Waals surface area contributed by atoms with Gasteiger partial charge in [-0.1, -0.05) is 0 Å². The summed E-state index contributed by atoms with van der Waals surface area (Å²) >= 11 is 0. The van der Waals surface area contributed by atoms with Crippen LogP contribution in [0.15, 0.2) is 0 Å². The van der Waals surface area contributed by atoms with E-state index in [4.69, 9.17) is 0 Å². The Morgan fingerprint density at radius 2 is 2.00 bits per heavy atom. The van der Waals surface area contributed by atoms with Crippen LogP contribution in [0, 0.1) is 17.8 Å². The monoisotopic (exact) mass is 238 g/mol. The highest BCUT2D eigenvalue weighted by atomic mass is 16.3. The molecule has 17 heavy (non-hydrogen) atoms. The van der Waals surface area contributed by atoms with E-state index in [-0.39, 0.29) is 18.6 Å². The molecule has 1 aliphatic carbocycles. The van der Waals surface area contributed by atoms with Crippen LogP contribution in [0.4, 0.5) is 0 Å². The molecule has 3 atom stereocenters. The van der Waals surface area contributed by atoms with E-state index in [0.29, 0.717) is 5.91 Å². The Morgan fingerprint density at radius 1 is 1.29 bits per heavy atom. The van der Waals surface area contributed by atoms with Crippen molar-refractivity contribution in [2.24, 2.45) is 17.8 Å². The number of hydrogen-bond donors (Lipinski definition) is 2. The second-order valence-corrected chi connectivity index (χ2v) is 5.86. The predicted molar refractivity (Wildman–Crippen MR) is 64.4 cm³/mol. The molecule has 2 aliphatic heterocycles. The second kappa shape index (κ2) is 4.58. The largest absolute Gasteiger partial charge is 0.394 e. The van der Waals surface area contributed by atoms with Crippen molar-refractivity contribution in [1.29, 1.82) is 0 Å². The van der Waals surface area contributed by atoms with Gasteiger partial charge in [0.05, 0.1) is 12.6 Å². The van der Waals surface area contributed by atoms with Gasteiger partial charge in [0.25, 0.3) is 0 Å². The topological polar surface area (TPSA) is 52.6 Å². The number of likely N-dealkylation sites (tertiary alicyclic amines) is 1. The van der Waals surface area contributed by atoms with Crippen LogP contribution >= 0.6 is 0 Å². The van der Waals surface area contributed by atoms with Gasteiger partial charge in [-0.2, -0.15) is 0 Å². The van der Waals surface area contributed by atoms with Crippen LogP contribution < -0.4 is 5.32 Å². The number of hydrogen-bond acceptors (Lipinski definition) is 3. The highest BCUT2D eigenvalue weighted by molar-refractivity contribution is 5.79. The molecule has 0 radical (unpaired) electrons. The molecule has 2 unspecified atom stereocenters. The van der Waals surface area contributed by atoms with Crippen LogP contribution in [0.5, 0.6) is 0 Å². The third-order valence-electron chi connectivity index (χ3n) is 4.87. The normalized spacial score (nSPS) is 40.9. The highest BCUT2D eigenvalue weighted by Crippen LogP contribution is 2.40. The van der Waals surface area contributed by atoms with Gasteiger partial charge in [0.1, 0.15) is 0 Å². The summed E-state index contributed by atoms with van der Waals surface area (Å²) in [6, 6.07) is 0.0982. The molecule has 0 bridgehead atoms. The molecule has 96 valence electrons. The van der Waals surface area contributed by atoms with Crippen molar-refractivity contribution in [2.75, 3.05) is 26.2 Å². The van der Waals surface area contributed by atoms with Crippen molar-refractivity contribution in [2.45, 2.75) is 31.7 Å². The first-order valence-electron chi connectivity index (χ1n) is 6.91. The Kier molecular flexibility index (Phi) is 3.09. The summed E-state index contributed by atoms with van der Waals surface area (Å²) in [7, 11) is 0. The average Bonchev–Trinajstić information content (AvgIpc) is 3.02. The van der Waals surface area contributed by atoms with Crippen LogP contribution in [-0.2, 0) is 4.79 Å². The van der Waals surface area contributed by atoms with E-state index in [1.165, 1.54) is 0 Å². The minimum absolute atomic E-state index is 0.0982. The Morgan fingerprint density at radius 3 is 2.65 bits per heavy atom. The molecule has 2 saturated heterocycles. The lowest BCUT2D eigenvalue weighted by Crippen LogP contribution is -2.41. The number of rotatable bonds is 2. The van der Waals surface area contributed by atoms with E-state index in [0.717, 1.165) is 57.2 Å². The second-order valence-electron chi connectivity index (χ2n) is 5.86. The van der Waals surface area contributed by atoms with Crippen molar-refractivity contribution in [3.8, 4) is 0 Å². The lowest BCUT2D eigenvalue weighted by atomic mass is 10.0. The molecule has 0 aromatic heterocycles. The first kappa shape index (κ1) is 11.5. The molecule has 4 heteroatoms. The van der Waals surface area contributed by atoms with Crippen LogP contribution in [0.3, 0.4) is 0 Å². The minimum atomic E-state index is 0.0982. The van der Waals surface area contributed by atoms with Crippen molar-refractivity contribution in [3.63, 3.8) is 0 Å². The van der Waals surface area contributed by atoms with Gasteiger partial charge in [-0.3, -0.25) is 4.79 Å². The molecule has 2 heterocycles. The van der Waals surface area contributed by atoms with Gasteiger partial charge < -0.3 is 15.3 Å². The van der Waals surface area contributed by atoms with Crippen molar-refractivity contribution < 1.29 is 9.90 Å². The number of amides is 1. The zero-order valence-corrected chi connectivity index (χ0v) is 10.3. The summed E-state index contributed by atoms with van der Waals surface area (Å²) < 4.78 is 0. The minimum Gasteiger partial charge on any atom is -0.394 e. The molecular weight excluding hydrogens is 216 g/mol. The molecule has 3 fully saturated rings. The van der Waals surface area contributed by atoms with Crippen LogP contribution in [-0.4, -0.2) is 48.2 Å². The van der Waals surface area contributed by atoms with E-state index in [2.05, 4.69) is 5.32 Å². The smallest absolute Gasteiger partial charge is 0.226 e. The lowest BCUT2D eigenvalue weighted by Gasteiger charge is -2.26. The Bertz CT molecular complexity index is 296. The lowest BCUT2D eigenvalue weighted by molar-refractivity contribution is -0.137. The third kappa shape index (κ3) is 1.97.